The number of rotatable bonds is 8. The number of fused-ring (bicyclic) bond motifs is 2. The van der Waals surface area contributed by atoms with Gasteiger partial charge in [-0.1, -0.05) is 55.1 Å². The number of ether oxygens (including phenoxy) is 2. The van der Waals surface area contributed by atoms with Gasteiger partial charge in [0.2, 0.25) is 5.76 Å². The average Bonchev–Trinajstić information content (AvgIpc) is 3.20. The van der Waals surface area contributed by atoms with Crippen LogP contribution in [0.2, 0.25) is 5.02 Å². The fourth-order valence-electron chi connectivity index (χ4n) is 4.74. The van der Waals surface area contributed by atoms with Gasteiger partial charge in [0.15, 0.2) is 16.9 Å². The van der Waals surface area contributed by atoms with Gasteiger partial charge in [0, 0.05) is 10.7 Å². The highest BCUT2D eigenvalue weighted by Gasteiger charge is 2.44. The zero-order valence-electron chi connectivity index (χ0n) is 21.0. The van der Waals surface area contributed by atoms with Crippen molar-refractivity contribution in [1.82, 2.24) is 0 Å². The molecule has 6 nitrogen and oxygen atoms in total. The van der Waals surface area contributed by atoms with Crippen molar-refractivity contribution in [2.45, 2.75) is 39.2 Å². The molecule has 37 heavy (non-hydrogen) atoms. The molecular weight excluding hydrogens is 490 g/mol. The Morgan fingerprint density at radius 2 is 1.76 bits per heavy atom. The minimum absolute atomic E-state index is 0.0317. The molecule has 0 bridgehead atoms. The molecule has 1 aliphatic rings. The Balaban J connectivity index is 1.67. The fraction of sp³-hybridized carbons (Fsp3) is 0.267. The predicted molar refractivity (Wildman–Crippen MR) is 145 cm³/mol. The molecular formula is C30H28ClNO5. The van der Waals surface area contributed by atoms with E-state index in [4.69, 9.17) is 25.5 Å². The van der Waals surface area contributed by atoms with Crippen LogP contribution in [-0.2, 0) is 0 Å². The first kappa shape index (κ1) is 24.9. The maximum absolute atomic E-state index is 13.8. The van der Waals surface area contributed by atoms with Crippen molar-refractivity contribution in [3.05, 3.63) is 98.4 Å². The van der Waals surface area contributed by atoms with Crippen molar-refractivity contribution < 1.29 is 18.7 Å². The van der Waals surface area contributed by atoms with Crippen molar-refractivity contribution in [2.24, 2.45) is 0 Å². The molecule has 0 saturated carbocycles. The first-order chi connectivity index (χ1) is 17.9. The van der Waals surface area contributed by atoms with E-state index in [9.17, 15) is 9.59 Å². The molecule has 1 amide bonds. The van der Waals surface area contributed by atoms with Gasteiger partial charge in [-0.25, -0.2) is 0 Å². The number of unbranched alkanes of at least 4 members (excludes halogenated alkanes) is 2. The van der Waals surface area contributed by atoms with Crippen LogP contribution in [0.4, 0.5) is 5.69 Å². The quantitative estimate of drug-likeness (QED) is 0.233. The van der Waals surface area contributed by atoms with Crippen molar-refractivity contribution in [3.8, 4) is 11.5 Å². The molecule has 1 aromatic heterocycles. The van der Waals surface area contributed by atoms with E-state index in [1.54, 1.807) is 30.2 Å². The van der Waals surface area contributed by atoms with Crippen LogP contribution in [0, 0.1) is 6.92 Å². The van der Waals surface area contributed by atoms with Gasteiger partial charge in [-0.15, -0.1) is 0 Å². The molecule has 7 heteroatoms. The van der Waals surface area contributed by atoms with Crippen molar-refractivity contribution in [2.75, 3.05) is 18.6 Å². The van der Waals surface area contributed by atoms with E-state index >= 15 is 0 Å². The highest BCUT2D eigenvalue weighted by Crippen LogP contribution is 2.43. The number of hydrogen-bond acceptors (Lipinski definition) is 5. The van der Waals surface area contributed by atoms with Crippen LogP contribution < -0.4 is 19.8 Å². The molecule has 1 aliphatic heterocycles. The Hall–Kier alpha value is -3.77. The number of amides is 1. The predicted octanol–water partition coefficient (Wildman–Crippen LogP) is 7.08. The SMILES string of the molecule is CCCCCOc1ccc(C2c3c(oc4ccc(Cl)cc4c3=O)C(=O)N2c2ccc(C)cc2)cc1OC. The Kier molecular flexibility index (Phi) is 6.94. The van der Waals surface area contributed by atoms with E-state index < -0.39 is 6.04 Å². The largest absolute Gasteiger partial charge is 0.493 e. The normalized spacial score (nSPS) is 14.8. The molecule has 4 aromatic rings. The van der Waals surface area contributed by atoms with E-state index in [1.807, 2.05) is 49.4 Å². The number of methoxy groups -OCH3 is 1. The van der Waals surface area contributed by atoms with Gasteiger partial charge in [0.05, 0.1) is 30.7 Å². The van der Waals surface area contributed by atoms with Crippen LogP contribution in [0.5, 0.6) is 11.5 Å². The topological polar surface area (TPSA) is 69.0 Å². The molecule has 0 spiro atoms. The lowest BCUT2D eigenvalue weighted by Gasteiger charge is -2.26. The van der Waals surface area contributed by atoms with Crippen molar-refractivity contribution in [1.29, 1.82) is 0 Å². The second-order valence-corrected chi connectivity index (χ2v) is 9.63. The zero-order valence-corrected chi connectivity index (χ0v) is 21.8. The molecule has 5 rings (SSSR count). The Morgan fingerprint density at radius 3 is 2.49 bits per heavy atom. The summed E-state index contributed by atoms with van der Waals surface area (Å²) in [7, 11) is 1.58. The highest BCUT2D eigenvalue weighted by molar-refractivity contribution is 6.31. The van der Waals surface area contributed by atoms with Crippen LogP contribution in [0.1, 0.15) is 59.5 Å². The Labute approximate surface area is 220 Å². The number of benzene rings is 3. The summed E-state index contributed by atoms with van der Waals surface area (Å²) in [6.45, 7) is 4.71. The third-order valence-electron chi connectivity index (χ3n) is 6.65. The zero-order chi connectivity index (χ0) is 26.1. The number of carbonyl (C=O) groups is 1. The summed E-state index contributed by atoms with van der Waals surface area (Å²) in [5.74, 6) is 0.805. The van der Waals surface area contributed by atoms with Crippen LogP contribution in [0.15, 0.2) is 69.9 Å². The molecule has 0 fully saturated rings. The summed E-state index contributed by atoms with van der Waals surface area (Å²) in [5, 5.41) is 0.750. The maximum Gasteiger partial charge on any atom is 0.295 e. The summed E-state index contributed by atoms with van der Waals surface area (Å²) in [6, 6.07) is 17.2. The summed E-state index contributed by atoms with van der Waals surface area (Å²) < 4.78 is 17.6. The fourth-order valence-corrected chi connectivity index (χ4v) is 4.91. The van der Waals surface area contributed by atoms with Crippen molar-refractivity contribution >= 4 is 34.2 Å². The average molecular weight is 518 g/mol. The molecule has 190 valence electrons. The van der Waals surface area contributed by atoms with E-state index in [0.29, 0.717) is 45.3 Å². The van der Waals surface area contributed by atoms with E-state index in [1.165, 1.54) is 0 Å². The second-order valence-electron chi connectivity index (χ2n) is 9.19. The first-order valence-electron chi connectivity index (χ1n) is 12.4. The monoisotopic (exact) mass is 517 g/mol. The summed E-state index contributed by atoms with van der Waals surface area (Å²) in [5.41, 5.74) is 2.74. The van der Waals surface area contributed by atoms with Gasteiger partial charge in [-0.3, -0.25) is 14.5 Å². The minimum atomic E-state index is -0.715. The maximum atomic E-state index is 13.8. The molecule has 0 N–H and O–H groups in total. The molecule has 0 radical (unpaired) electrons. The molecule has 2 heterocycles. The lowest BCUT2D eigenvalue weighted by Crippen LogP contribution is -2.29. The summed E-state index contributed by atoms with van der Waals surface area (Å²) in [4.78, 5) is 29.2. The van der Waals surface area contributed by atoms with Gasteiger partial charge >= 0.3 is 0 Å². The second kappa shape index (κ2) is 10.3. The lowest BCUT2D eigenvalue weighted by atomic mass is 9.97. The standard InChI is InChI=1S/C30H28ClNO5/c1-4-5-6-15-36-24-13-9-19(16-25(24)35-3)27-26-28(33)22-17-20(31)10-14-23(22)37-29(26)30(34)32(27)21-11-7-18(2)8-12-21/h7-14,16-17,27H,4-6,15H2,1-3H3. The molecule has 0 saturated heterocycles. The number of hydrogen-bond donors (Lipinski definition) is 0. The van der Waals surface area contributed by atoms with Gasteiger partial charge < -0.3 is 13.9 Å². The van der Waals surface area contributed by atoms with Gasteiger partial charge in [-0.2, -0.15) is 0 Å². The smallest absolute Gasteiger partial charge is 0.295 e. The number of carbonyl (C=O) groups excluding carboxylic acids is 1. The van der Waals surface area contributed by atoms with Crippen LogP contribution >= 0.6 is 11.6 Å². The number of anilines is 1. The van der Waals surface area contributed by atoms with Crippen LogP contribution in [0.25, 0.3) is 11.0 Å². The summed E-state index contributed by atoms with van der Waals surface area (Å²) in [6.07, 6.45) is 3.14. The van der Waals surface area contributed by atoms with Crippen molar-refractivity contribution in [3.63, 3.8) is 0 Å². The van der Waals surface area contributed by atoms with E-state index in [2.05, 4.69) is 6.92 Å². The Bertz CT molecular complexity index is 1530. The van der Waals surface area contributed by atoms with Gasteiger partial charge in [-0.05, 0) is 61.4 Å². The third-order valence-corrected chi connectivity index (χ3v) is 6.89. The van der Waals surface area contributed by atoms with Crippen LogP contribution in [-0.4, -0.2) is 19.6 Å². The van der Waals surface area contributed by atoms with E-state index in [0.717, 1.165) is 24.8 Å². The molecule has 0 aliphatic carbocycles. The third kappa shape index (κ3) is 4.58. The van der Waals surface area contributed by atoms with Crippen LogP contribution in [0.3, 0.4) is 0 Å². The minimum Gasteiger partial charge on any atom is -0.493 e. The molecule has 1 atom stereocenters. The molecule has 1 unspecified atom stereocenters. The van der Waals surface area contributed by atoms with Gasteiger partial charge in [0.25, 0.3) is 5.91 Å². The lowest BCUT2D eigenvalue weighted by molar-refractivity contribution is 0.0971. The van der Waals surface area contributed by atoms with E-state index in [-0.39, 0.29) is 22.7 Å². The first-order valence-corrected chi connectivity index (χ1v) is 12.8. The molecule has 3 aromatic carbocycles. The number of aryl methyl sites for hydroxylation is 1. The highest BCUT2D eigenvalue weighted by atomic mass is 35.5. The summed E-state index contributed by atoms with van der Waals surface area (Å²) >= 11 is 6.19. The Morgan fingerprint density at radius 1 is 0.973 bits per heavy atom. The number of halogens is 1. The number of nitrogens with zero attached hydrogens (tertiary/aromatic N) is 1. The van der Waals surface area contributed by atoms with Gasteiger partial charge in [0.1, 0.15) is 5.58 Å².